The average molecular weight is 379 g/mol. The van der Waals surface area contributed by atoms with Crippen molar-refractivity contribution >= 4 is 27.3 Å². The smallest absolute Gasteiger partial charge is 0.239 e. The first-order valence-corrected chi connectivity index (χ1v) is 9.70. The summed E-state index contributed by atoms with van der Waals surface area (Å²) in [7, 11) is 0.127. The van der Waals surface area contributed by atoms with E-state index in [1.54, 1.807) is 24.3 Å². The summed E-state index contributed by atoms with van der Waals surface area (Å²) in [6, 6.07) is 13.2. The van der Waals surface area contributed by atoms with Gasteiger partial charge in [-0.05, 0) is 42.3 Å². The maximum atomic E-state index is 13.5. The first kappa shape index (κ1) is 19.9. The summed E-state index contributed by atoms with van der Waals surface area (Å²) in [6.45, 7) is -0.380. The second-order valence-electron chi connectivity index (χ2n) is 5.97. The van der Waals surface area contributed by atoms with Gasteiger partial charge in [0.2, 0.25) is 15.9 Å². The lowest BCUT2D eigenvalue weighted by molar-refractivity contribution is -0.115. The molecule has 0 saturated carbocycles. The fraction of sp³-hybridized carbons (Fsp3) is 0.278. The van der Waals surface area contributed by atoms with E-state index in [0.29, 0.717) is 11.3 Å². The molecular weight excluding hydrogens is 357 g/mol. The molecule has 0 spiro atoms. The predicted octanol–water partition coefficient (Wildman–Crippen LogP) is 1.99. The number of nitrogens with one attached hydrogen (secondary N) is 2. The normalized spacial score (nSPS) is 11.2. The van der Waals surface area contributed by atoms with Gasteiger partial charge in [-0.15, -0.1) is 0 Å². The minimum atomic E-state index is -3.69. The van der Waals surface area contributed by atoms with Gasteiger partial charge in [-0.25, -0.2) is 17.5 Å². The highest BCUT2D eigenvalue weighted by Crippen LogP contribution is 2.15. The van der Waals surface area contributed by atoms with Crippen LogP contribution in [0.4, 0.5) is 15.8 Å². The summed E-state index contributed by atoms with van der Waals surface area (Å²) in [4.78, 5) is 13.8. The molecule has 1 amide bonds. The Labute approximate surface area is 153 Å². The Morgan fingerprint density at radius 1 is 1.08 bits per heavy atom. The molecule has 0 unspecified atom stereocenters. The molecule has 0 aliphatic heterocycles. The van der Waals surface area contributed by atoms with E-state index in [4.69, 9.17) is 0 Å². The number of anilines is 2. The predicted molar refractivity (Wildman–Crippen MR) is 101 cm³/mol. The Bertz CT molecular complexity index is 852. The molecule has 0 atom stereocenters. The quantitative estimate of drug-likeness (QED) is 0.735. The highest BCUT2D eigenvalue weighted by molar-refractivity contribution is 7.89. The van der Waals surface area contributed by atoms with Gasteiger partial charge in [0.05, 0.1) is 12.3 Å². The zero-order chi connectivity index (χ0) is 19.2. The van der Waals surface area contributed by atoms with Crippen molar-refractivity contribution in [3.63, 3.8) is 0 Å². The van der Waals surface area contributed by atoms with E-state index < -0.39 is 21.7 Å². The van der Waals surface area contributed by atoms with Crippen molar-refractivity contribution in [2.45, 2.75) is 6.42 Å². The van der Waals surface area contributed by atoms with Crippen molar-refractivity contribution in [3.05, 3.63) is 59.9 Å². The molecule has 2 aromatic rings. The van der Waals surface area contributed by atoms with Crippen LogP contribution in [0.15, 0.2) is 48.5 Å². The SMILES string of the molecule is CN(C)c1ccc(NC(=O)CNS(=O)(=O)CCc2ccccc2F)cc1. The van der Waals surface area contributed by atoms with Crippen LogP contribution in [0.25, 0.3) is 0 Å². The highest BCUT2D eigenvalue weighted by Gasteiger charge is 2.14. The largest absolute Gasteiger partial charge is 0.378 e. The Morgan fingerprint density at radius 2 is 1.73 bits per heavy atom. The molecule has 8 heteroatoms. The Balaban J connectivity index is 1.82. The van der Waals surface area contributed by atoms with Crippen molar-refractivity contribution in [3.8, 4) is 0 Å². The van der Waals surface area contributed by atoms with Gasteiger partial charge in [-0.3, -0.25) is 4.79 Å². The fourth-order valence-corrected chi connectivity index (χ4v) is 3.23. The van der Waals surface area contributed by atoms with Gasteiger partial charge in [0.25, 0.3) is 0 Å². The van der Waals surface area contributed by atoms with Crippen molar-refractivity contribution in [1.29, 1.82) is 0 Å². The molecule has 140 valence electrons. The number of carbonyl (C=O) groups excluding carboxylic acids is 1. The van der Waals surface area contributed by atoms with Gasteiger partial charge in [0.1, 0.15) is 5.82 Å². The first-order chi connectivity index (χ1) is 12.3. The Kier molecular flexibility index (Phi) is 6.70. The molecule has 0 heterocycles. The van der Waals surface area contributed by atoms with Crippen LogP contribution in [0.2, 0.25) is 0 Å². The number of benzene rings is 2. The third-order valence-electron chi connectivity index (χ3n) is 3.72. The Hall–Kier alpha value is -2.45. The van der Waals surface area contributed by atoms with Gasteiger partial charge >= 0.3 is 0 Å². The molecule has 2 rings (SSSR count). The molecule has 0 saturated heterocycles. The zero-order valence-corrected chi connectivity index (χ0v) is 15.5. The molecule has 0 aliphatic carbocycles. The Morgan fingerprint density at radius 3 is 2.35 bits per heavy atom. The number of hydrogen-bond donors (Lipinski definition) is 2. The van der Waals surface area contributed by atoms with E-state index in [1.165, 1.54) is 12.1 Å². The van der Waals surface area contributed by atoms with Gasteiger partial charge in [0, 0.05) is 25.5 Å². The van der Waals surface area contributed by atoms with E-state index in [2.05, 4.69) is 10.0 Å². The topological polar surface area (TPSA) is 78.5 Å². The van der Waals surface area contributed by atoms with Crippen molar-refractivity contribution in [2.24, 2.45) is 0 Å². The molecular formula is C18H22FN3O3S. The standard InChI is InChI=1S/C18H22FN3O3S/c1-22(2)16-9-7-15(8-10-16)21-18(23)13-20-26(24,25)12-11-14-5-3-4-6-17(14)19/h3-10,20H,11-13H2,1-2H3,(H,21,23). The van der Waals surface area contributed by atoms with Gasteiger partial charge < -0.3 is 10.2 Å². The minimum Gasteiger partial charge on any atom is -0.378 e. The van der Waals surface area contributed by atoms with E-state index in [1.807, 2.05) is 31.1 Å². The van der Waals surface area contributed by atoms with Crippen LogP contribution in [0.3, 0.4) is 0 Å². The van der Waals surface area contributed by atoms with Crippen molar-refractivity contribution in [1.82, 2.24) is 4.72 Å². The number of sulfonamides is 1. The summed E-state index contributed by atoms with van der Waals surface area (Å²) in [5.74, 6) is -1.21. The molecule has 2 N–H and O–H groups in total. The minimum absolute atomic E-state index is 0.0373. The number of aryl methyl sites for hydroxylation is 1. The van der Waals surface area contributed by atoms with E-state index >= 15 is 0 Å². The fourth-order valence-electron chi connectivity index (χ4n) is 2.24. The third kappa shape index (κ3) is 6.12. The second kappa shape index (κ2) is 8.77. The molecule has 6 nitrogen and oxygen atoms in total. The van der Waals surface area contributed by atoms with Crippen LogP contribution in [0.1, 0.15) is 5.56 Å². The first-order valence-electron chi connectivity index (χ1n) is 8.05. The molecule has 0 bridgehead atoms. The van der Waals surface area contributed by atoms with Crippen molar-refractivity contribution in [2.75, 3.05) is 36.6 Å². The van der Waals surface area contributed by atoms with Crippen LogP contribution < -0.4 is 14.9 Å². The van der Waals surface area contributed by atoms with Crippen LogP contribution in [-0.2, 0) is 21.2 Å². The average Bonchev–Trinajstić information content (AvgIpc) is 2.60. The number of carbonyl (C=O) groups is 1. The van der Waals surface area contributed by atoms with Crippen LogP contribution in [-0.4, -0.2) is 40.7 Å². The summed E-state index contributed by atoms with van der Waals surface area (Å²) in [5.41, 5.74) is 1.88. The van der Waals surface area contributed by atoms with Crippen molar-refractivity contribution < 1.29 is 17.6 Å². The molecule has 26 heavy (non-hydrogen) atoms. The lowest BCUT2D eigenvalue weighted by Crippen LogP contribution is -2.34. The van der Waals surface area contributed by atoms with E-state index in [9.17, 15) is 17.6 Å². The number of amides is 1. The summed E-state index contributed by atoms with van der Waals surface area (Å²) in [6.07, 6.45) is 0.0373. The summed E-state index contributed by atoms with van der Waals surface area (Å²) < 4.78 is 39.7. The lowest BCUT2D eigenvalue weighted by Gasteiger charge is -2.13. The molecule has 0 aliphatic rings. The van der Waals surface area contributed by atoms with Crippen LogP contribution in [0.5, 0.6) is 0 Å². The number of rotatable bonds is 8. The van der Waals surface area contributed by atoms with Gasteiger partial charge in [-0.1, -0.05) is 18.2 Å². The zero-order valence-electron chi connectivity index (χ0n) is 14.7. The summed E-state index contributed by atoms with van der Waals surface area (Å²) >= 11 is 0. The van der Waals surface area contributed by atoms with E-state index in [0.717, 1.165) is 5.69 Å². The highest BCUT2D eigenvalue weighted by atomic mass is 32.2. The molecule has 2 aromatic carbocycles. The maximum Gasteiger partial charge on any atom is 0.239 e. The van der Waals surface area contributed by atoms with Crippen LogP contribution in [0, 0.1) is 5.82 Å². The summed E-state index contributed by atoms with van der Waals surface area (Å²) in [5, 5.41) is 2.62. The molecule has 0 fully saturated rings. The lowest BCUT2D eigenvalue weighted by atomic mass is 10.2. The van der Waals surface area contributed by atoms with Crippen LogP contribution >= 0.6 is 0 Å². The van der Waals surface area contributed by atoms with E-state index in [-0.39, 0.29) is 18.7 Å². The number of halogens is 1. The second-order valence-corrected chi connectivity index (χ2v) is 7.90. The van der Waals surface area contributed by atoms with Gasteiger partial charge in [0.15, 0.2) is 0 Å². The maximum absolute atomic E-state index is 13.5. The third-order valence-corrected chi connectivity index (χ3v) is 5.04. The number of nitrogens with zero attached hydrogens (tertiary/aromatic N) is 1. The molecule has 0 aromatic heterocycles. The number of hydrogen-bond acceptors (Lipinski definition) is 4. The molecule has 0 radical (unpaired) electrons. The van der Waals surface area contributed by atoms with Gasteiger partial charge in [-0.2, -0.15) is 0 Å². The monoisotopic (exact) mass is 379 g/mol.